The van der Waals surface area contributed by atoms with Gasteiger partial charge in [-0.2, -0.15) is 0 Å². The van der Waals surface area contributed by atoms with Crippen molar-refractivity contribution in [3.05, 3.63) is 23.9 Å². The van der Waals surface area contributed by atoms with Crippen LogP contribution in [0.2, 0.25) is 0 Å². The molecule has 0 saturated carbocycles. The zero-order valence-electron chi connectivity index (χ0n) is 12.4. The van der Waals surface area contributed by atoms with Gasteiger partial charge in [-0.25, -0.2) is 4.98 Å². The van der Waals surface area contributed by atoms with Gasteiger partial charge in [-0.3, -0.25) is 4.90 Å². The van der Waals surface area contributed by atoms with Crippen molar-refractivity contribution in [1.29, 1.82) is 0 Å². The molecule has 2 heterocycles. The molecule has 0 amide bonds. The third-order valence-electron chi connectivity index (χ3n) is 3.99. The third kappa shape index (κ3) is 3.91. The third-order valence-corrected chi connectivity index (χ3v) is 3.99. The zero-order chi connectivity index (χ0) is 13.7. The minimum Gasteiger partial charge on any atom is -0.360 e. The molecule has 0 aliphatic carbocycles. The van der Waals surface area contributed by atoms with Gasteiger partial charge in [-0.15, -0.1) is 0 Å². The molecule has 1 aliphatic heterocycles. The number of pyridine rings is 1. The molecule has 106 valence electrons. The number of hydrogen-bond acceptors (Lipinski definition) is 4. The lowest BCUT2D eigenvalue weighted by Crippen LogP contribution is -2.43. The highest BCUT2D eigenvalue weighted by Crippen LogP contribution is 2.15. The molecule has 19 heavy (non-hydrogen) atoms. The van der Waals surface area contributed by atoms with Crippen LogP contribution in [-0.4, -0.2) is 49.7 Å². The van der Waals surface area contributed by atoms with Crippen molar-refractivity contribution in [3.8, 4) is 0 Å². The summed E-state index contributed by atoms with van der Waals surface area (Å²) in [5.74, 6) is 1.05. The Morgan fingerprint density at radius 3 is 2.95 bits per heavy atom. The number of likely N-dealkylation sites (tertiary alicyclic amines) is 1. The van der Waals surface area contributed by atoms with Crippen LogP contribution < -0.4 is 10.2 Å². The van der Waals surface area contributed by atoms with Crippen molar-refractivity contribution >= 4 is 5.82 Å². The van der Waals surface area contributed by atoms with E-state index in [9.17, 15) is 0 Å². The van der Waals surface area contributed by atoms with Gasteiger partial charge in [0, 0.05) is 38.9 Å². The topological polar surface area (TPSA) is 31.4 Å². The average molecular weight is 262 g/mol. The van der Waals surface area contributed by atoms with Crippen LogP contribution in [0.15, 0.2) is 18.3 Å². The molecule has 1 fully saturated rings. The van der Waals surface area contributed by atoms with Crippen LogP contribution in [0.25, 0.3) is 0 Å². The largest absolute Gasteiger partial charge is 0.360 e. The SMILES string of the molecule is CCN(C)c1ccc(CN2CCCC(NC)C2)cn1. The Bertz CT molecular complexity index is 376. The van der Waals surface area contributed by atoms with E-state index in [-0.39, 0.29) is 0 Å². The van der Waals surface area contributed by atoms with Crippen LogP contribution >= 0.6 is 0 Å². The summed E-state index contributed by atoms with van der Waals surface area (Å²) in [6.45, 7) is 6.49. The molecule has 4 heteroatoms. The average Bonchev–Trinajstić information content (AvgIpc) is 2.47. The minimum atomic E-state index is 0.646. The lowest BCUT2D eigenvalue weighted by Gasteiger charge is -2.32. The number of likely N-dealkylation sites (N-methyl/N-ethyl adjacent to an activating group) is 1. The van der Waals surface area contributed by atoms with Crippen molar-refractivity contribution < 1.29 is 0 Å². The second-order valence-electron chi connectivity index (χ2n) is 5.40. The highest BCUT2D eigenvalue weighted by atomic mass is 15.2. The number of piperidine rings is 1. The molecule has 1 aromatic heterocycles. The van der Waals surface area contributed by atoms with Gasteiger partial charge in [0.05, 0.1) is 0 Å². The molecule has 0 aromatic carbocycles. The maximum atomic E-state index is 4.54. The van der Waals surface area contributed by atoms with Crippen molar-refractivity contribution in [3.63, 3.8) is 0 Å². The van der Waals surface area contributed by atoms with E-state index in [1.54, 1.807) is 0 Å². The lowest BCUT2D eigenvalue weighted by atomic mass is 10.1. The molecule has 0 bridgehead atoms. The molecule has 1 aromatic rings. The van der Waals surface area contributed by atoms with Crippen molar-refractivity contribution in [1.82, 2.24) is 15.2 Å². The van der Waals surface area contributed by atoms with Gasteiger partial charge in [-0.05, 0) is 45.0 Å². The van der Waals surface area contributed by atoms with Gasteiger partial charge >= 0.3 is 0 Å². The molecular formula is C15H26N4. The van der Waals surface area contributed by atoms with Crippen molar-refractivity contribution in [2.24, 2.45) is 0 Å². The molecule has 1 N–H and O–H groups in total. The van der Waals surface area contributed by atoms with E-state index in [2.05, 4.69) is 53.3 Å². The molecule has 1 unspecified atom stereocenters. The van der Waals surface area contributed by atoms with E-state index < -0.39 is 0 Å². The van der Waals surface area contributed by atoms with Crippen LogP contribution in [0.1, 0.15) is 25.3 Å². The zero-order valence-corrected chi connectivity index (χ0v) is 12.4. The molecule has 1 atom stereocenters. The number of aromatic nitrogens is 1. The predicted molar refractivity (Wildman–Crippen MR) is 80.5 cm³/mol. The number of anilines is 1. The fourth-order valence-electron chi connectivity index (χ4n) is 2.59. The van der Waals surface area contributed by atoms with Gasteiger partial charge in [0.1, 0.15) is 5.82 Å². The maximum Gasteiger partial charge on any atom is 0.128 e. The first kappa shape index (κ1) is 14.3. The lowest BCUT2D eigenvalue weighted by molar-refractivity contribution is 0.188. The number of rotatable bonds is 5. The molecule has 0 radical (unpaired) electrons. The van der Waals surface area contributed by atoms with Gasteiger partial charge in [0.2, 0.25) is 0 Å². The minimum absolute atomic E-state index is 0.646. The summed E-state index contributed by atoms with van der Waals surface area (Å²) in [6, 6.07) is 4.97. The molecule has 1 saturated heterocycles. The van der Waals surface area contributed by atoms with Crippen LogP contribution in [-0.2, 0) is 6.54 Å². The Kier molecular flexibility index (Phi) is 5.16. The summed E-state index contributed by atoms with van der Waals surface area (Å²) < 4.78 is 0. The fraction of sp³-hybridized carbons (Fsp3) is 0.667. The van der Waals surface area contributed by atoms with Crippen molar-refractivity contribution in [2.45, 2.75) is 32.4 Å². The first-order valence-electron chi connectivity index (χ1n) is 7.28. The number of nitrogens with one attached hydrogen (secondary N) is 1. The fourth-order valence-corrected chi connectivity index (χ4v) is 2.59. The Morgan fingerprint density at radius 1 is 1.47 bits per heavy atom. The van der Waals surface area contributed by atoms with E-state index in [0.29, 0.717) is 6.04 Å². The normalized spacial score (nSPS) is 20.5. The molecule has 2 rings (SSSR count). The van der Waals surface area contributed by atoms with E-state index in [1.807, 2.05) is 6.20 Å². The summed E-state index contributed by atoms with van der Waals surface area (Å²) in [6.07, 6.45) is 4.60. The summed E-state index contributed by atoms with van der Waals surface area (Å²) in [5, 5.41) is 3.39. The second-order valence-corrected chi connectivity index (χ2v) is 5.40. The first-order valence-corrected chi connectivity index (χ1v) is 7.28. The first-order chi connectivity index (χ1) is 9.22. The standard InChI is InChI=1S/C15H26N4/c1-4-18(3)15-8-7-13(10-17-15)11-19-9-5-6-14(12-19)16-2/h7-8,10,14,16H,4-6,9,11-12H2,1-3H3. The summed E-state index contributed by atoms with van der Waals surface area (Å²) in [4.78, 5) is 9.21. The molecule has 0 spiro atoms. The van der Waals surface area contributed by atoms with Gasteiger partial charge in [-0.1, -0.05) is 6.07 Å². The highest BCUT2D eigenvalue weighted by molar-refractivity contribution is 5.37. The van der Waals surface area contributed by atoms with Gasteiger partial charge < -0.3 is 10.2 Å². The maximum absolute atomic E-state index is 4.54. The number of nitrogens with zero attached hydrogens (tertiary/aromatic N) is 3. The second kappa shape index (κ2) is 6.87. The Morgan fingerprint density at radius 2 is 2.32 bits per heavy atom. The smallest absolute Gasteiger partial charge is 0.128 e. The number of hydrogen-bond donors (Lipinski definition) is 1. The Balaban J connectivity index is 1.92. The van der Waals surface area contributed by atoms with Crippen LogP contribution in [0.4, 0.5) is 5.82 Å². The monoisotopic (exact) mass is 262 g/mol. The predicted octanol–water partition coefficient (Wildman–Crippen LogP) is 1.72. The Hall–Kier alpha value is -1.13. The van der Waals surface area contributed by atoms with E-state index >= 15 is 0 Å². The highest BCUT2D eigenvalue weighted by Gasteiger charge is 2.18. The van der Waals surface area contributed by atoms with E-state index in [1.165, 1.54) is 24.9 Å². The van der Waals surface area contributed by atoms with E-state index in [4.69, 9.17) is 0 Å². The van der Waals surface area contributed by atoms with E-state index in [0.717, 1.165) is 25.5 Å². The van der Waals surface area contributed by atoms with Crippen molar-refractivity contribution in [2.75, 3.05) is 38.6 Å². The van der Waals surface area contributed by atoms with Gasteiger partial charge in [0.15, 0.2) is 0 Å². The summed E-state index contributed by atoms with van der Waals surface area (Å²) >= 11 is 0. The van der Waals surface area contributed by atoms with Crippen LogP contribution in [0.5, 0.6) is 0 Å². The van der Waals surface area contributed by atoms with Gasteiger partial charge in [0.25, 0.3) is 0 Å². The molecule has 1 aliphatic rings. The van der Waals surface area contributed by atoms with Crippen LogP contribution in [0.3, 0.4) is 0 Å². The van der Waals surface area contributed by atoms with Crippen LogP contribution in [0, 0.1) is 0 Å². The molecule has 4 nitrogen and oxygen atoms in total. The summed E-state index contributed by atoms with van der Waals surface area (Å²) in [7, 11) is 4.13. The summed E-state index contributed by atoms with van der Waals surface area (Å²) in [5.41, 5.74) is 1.31. The quantitative estimate of drug-likeness (QED) is 0.875. The Labute approximate surface area is 116 Å². The molecular weight excluding hydrogens is 236 g/mol.